The van der Waals surface area contributed by atoms with Crippen molar-refractivity contribution in [3.05, 3.63) is 33.1 Å². The van der Waals surface area contributed by atoms with E-state index in [1.165, 1.54) is 6.20 Å². The predicted octanol–water partition coefficient (Wildman–Crippen LogP) is 1.10. The van der Waals surface area contributed by atoms with Crippen molar-refractivity contribution in [1.82, 2.24) is 9.13 Å². The minimum Gasteiger partial charge on any atom is -0.443 e. The molecule has 1 heterocycles. The van der Waals surface area contributed by atoms with Gasteiger partial charge in [-0.15, -0.1) is 0 Å². The van der Waals surface area contributed by atoms with Gasteiger partial charge in [-0.1, -0.05) is 0 Å². The zero-order valence-corrected chi connectivity index (χ0v) is 14.9. The molecule has 134 valence electrons. The smallest absolute Gasteiger partial charge is 0.336 e. The Labute approximate surface area is 140 Å². The topological polar surface area (TPSA) is 96.6 Å². The minimum absolute atomic E-state index is 0.331. The van der Waals surface area contributed by atoms with E-state index in [0.29, 0.717) is 0 Å². The fraction of sp³-hybridized carbons (Fsp3) is 0.625. The average molecular weight is 343 g/mol. The largest absolute Gasteiger partial charge is 0.443 e. The summed E-state index contributed by atoms with van der Waals surface area (Å²) in [7, 11) is 0. The molecule has 0 bridgehead atoms. The third-order valence-corrected chi connectivity index (χ3v) is 3.02. The molecular weight excluding hydrogens is 319 g/mol. The van der Waals surface area contributed by atoms with E-state index in [2.05, 4.69) is 0 Å². The molecule has 0 aliphatic rings. The molecule has 0 saturated heterocycles. The van der Waals surface area contributed by atoms with Gasteiger partial charge in [-0.25, -0.2) is 9.36 Å². The second-order valence-electron chi connectivity index (χ2n) is 7.46. The Morgan fingerprint density at radius 3 is 1.83 bits per heavy atom. The Morgan fingerprint density at radius 1 is 0.917 bits per heavy atom. The molecule has 0 amide bonds. The normalized spacial score (nSPS) is 11.9. The van der Waals surface area contributed by atoms with Gasteiger partial charge in [0.05, 0.1) is 10.8 Å². The van der Waals surface area contributed by atoms with E-state index in [1.54, 1.807) is 41.5 Å². The van der Waals surface area contributed by atoms with Crippen LogP contribution in [0.5, 0.6) is 0 Å². The van der Waals surface area contributed by atoms with Gasteiger partial charge in [0, 0.05) is 12.3 Å². The first kappa shape index (κ1) is 19.7. The fourth-order valence-electron chi connectivity index (χ4n) is 1.46. The van der Waals surface area contributed by atoms with E-state index in [0.717, 1.165) is 15.2 Å². The zero-order chi connectivity index (χ0) is 18.7. The SMILES string of the molecule is CC(C)(C)C(=O)OC[15n]1[13cH]cc(=O)[15n](COC(=O)C(C)(C)C)c1=O. The van der Waals surface area contributed by atoms with Crippen LogP contribution in [0.15, 0.2) is 21.9 Å². The highest BCUT2D eigenvalue weighted by atomic mass is 16.6. The average Bonchev–Trinajstić information content (AvgIpc) is 2.43. The molecule has 1 aromatic heterocycles. The third-order valence-electron chi connectivity index (χ3n) is 3.02. The van der Waals surface area contributed by atoms with Crippen LogP contribution in [-0.2, 0) is 32.5 Å². The van der Waals surface area contributed by atoms with E-state index in [1.807, 2.05) is 0 Å². The lowest BCUT2D eigenvalue weighted by molar-refractivity contribution is -0.157. The van der Waals surface area contributed by atoms with Gasteiger partial charge in [0.2, 0.25) is 0 Å². The Kier molecular flexibility index (Phi) is 5.75. The van der Waals surface area contributed by atoms with E-state index >= 15 is 0 Å². The highest BCUT2D eigenvalue weighted by Gasteiger charge is 2.24. The summed E-state index contributed by atoms with van der Waals surface area (Å²) >= 11 is 0. The molecular formula is C16H24N2O6. The number of hydrogen-bond donors (Lipinski definition) is 0. The Morgan fingerprint density at radius 2 is 1.38 bits per heavy atom. The number of carbonyl (C=O) groups excluding carboxylic acids is 2. The number of hydrogen-bond acceptors (Lipinski definition) is 6. The summed E-state index contributed by atoms with van der Waals surface area (Å²) in [5.74, 6) is -1.02. The second kappa shape index (κ2) is 7.02. The van der Waals surface area contributed by atoms with Crippen LogP contribution in [0.4, 0.5) is 0 Å². The summed E-state index contributed by atoms with van der Waals surface area (Å²) in [5.41, 5.74) is -2.80. The summed E-state index contributed by atoms with van der Waals surface area (Å²) < 4.78 is 11.9. The Bertz CT molecular complexity index is 731. The molecule has 24 heavy (non-hydrogen) atoms. The summed E-state index contributed by atoms with van der Waals surface area (Å²) in [4.78, 5) is 47.6. The van der Waals surface area contributed by atoms with Gasteiger partial charge in [0.1, 0.15) is 0 Å². The van der Waals surface area contributed by atoms with Crippen LogP contribution in [0, 0.1) is 10.8 Å². The first-order chi connectivity index (χ1) is 10.8. The molecule has 0 saturated carbocycles. The molecule has 0 aromatic carbocycles. The van der Waals surface area contributed by atoms with Crippen molar-refractivity contribution in [1.29, 1.82) is 0 Å². The summed E-state index contributed by atoms with van der Waals surface area (Å²) in [6, 6.07) is 1.14. The molecule has 8 heteroatoms. The molecule has 8 nitrogen and oxygen atoms in total. The first-order valence-electron chi connectivity index (χ1n) is 7.49. The van der Waals surface area contributed by atoms with Gasteiger partial charge in [0.25, 0.3) is 5.56 Å². The number of aromatic nitrogens is 2. The van der Waals surface area contributed by atoms with Crippen LogP contribution in [0.25, 0.3) is 0 Å². The number of rotatable bonds is 4. The van der Waals surface area contributed by atoms with E-state index < -0.39 is 40.7 Å². The third kappa shape index (κ3) is 5.07. The molecule has 0 atom stereocenters. The van der Waals surface area contributed by atoms with Crippen molar-refractivity contribution < 1.29 is 19.1 Å². The zero-order valence-electron chi connectivity index (χ0n) is 14.9. The van der Waals surface area contributed by atoms with Crippen LogP contribution in [0.1, 0.15) is 41.5 Å². The molecule has 0 fully saturated rings. The van der Waals surface area contributed by atoms with Gasteiger partial charge < -0.3 is 9.47 Å². The molecule has 0 aliphatic carbocycles. The van der Waals surface area contributed by atoms with E-state index in [4.69, 9.17) is 9.47 Å². The number of esters is 2. The van der Waals surface area contributed by atoms with Gasteiger partial charge in [-0.2, -0.15) is 0 Å². The quantitative estimate of drug-likeness (QED) is 0.760. The van der Waals surface area contributed by atoms with Crippen molar-refractivity contribution in [2.24, 2.45) is 10.8 Å². The van der Waals surface area contributed by atoms with Crippen molar-refractivity contribution >= 4 is 11.9 Å². The van der Waals surface area contributed by atoms with E-state index in [-0.39, 0.29) is 6.73 Å². The highest BCUT2D eigenvalue weighted by Crippen LogP contribution is 2.15. The molecule has 1 aromatic rings. The molecule has 0 N–H and O–H groups in total. The summed E-state index contributed by atoms with van der Waals surface area (Å²) in [5, 5.41) is 0. The number of carbonyl (C=O) groups is 2. The molecule has 0 unspecified atom stereocenters. The van der Waals surface area contributed by atoms with E-state index in [9.17, 15) is 19.2 Å². The van der Waals surface area contributed by atoms with Crippen molar-refractivity contribution in [2.45, 2.75) is 55.0 Å². The van der Waals surface area contributed by atoms with Crippen molar-refractivity contribution in [3.8, 4) is 0 Å². The highest BCUT2D eigenvalue weighted by molar-refractivity contribution is 5.75. The Hall–Kier alpha value is -2.38. The van der Waals surface area contributed by atoms with Crippen LogP contribution in [-0.4, -0.2) is 21.1 Å². The molecule has 0 aliphatic heterocycles. The van der Waals surface area contributed by atoms with Crippen LogP contribution in [0.3, 0.4) is 0 Å². The molecule has 0 spiro atoms. The molecule has 0 radical (unpaired) electrons. The van der Waals surface area contributed by atoms with Gasteiger partial charge >= 0.3 is 17.6 Å². The van der Waals surface area contributed by atoms with Crippen LogP contribution < -0.4 is 11.2 Å². The second-order valence-corrected chi connectivity index (χ2v) is 7.46. The van der Waals surface area contributed by atoms with Gasteiger partial charge in [0.15, 0.2) is 13.5 Å². The lowest BCUT2D eigenvalue weighted by atomic mass is 9.97. The minimum atomic E-state index is -0.750. The summed E-state index contributed by atoms with van der Waals surface area (Å²) in [6.45, 7) is 9.21. The summed E-state index contributed by atoms with van der Waals surface area (Å²) in [6.07, 6.45) is 1.22. The lowest BCUT2D eigenvalue weighted by Gasteiger charge is -2.18. The predicted molar refractivity (Wildman–Crippen MR) is 86.1 cm³/mol. The van der Waals surface area contributed by atoms with Crippen molar-refractivity contribution in [2.75, 3.05) is 0 Å². The van der Waals surface area contributed by atoms with Crippen LogP contribution >= 0.6 is 0 Å². The number of ether oxygens (including phenoxy) is 2. The van der Waals surface area contributed by atoms with Crippen LogP contribution in [0.2, 0.25) is 0 Å². The van der Waals surface area contributed by atoms with Gasteiger partial charge in [-0.05, 0) is 41.5 Å². The standard InChI is InChI=1S/C16H24N2O6/c1-15(2,3)12(20)23-9-17-8-7-11(19)18(14(17)22)10-24-13(21)16(4,5)6/h7-8H,9-10H2,1-6H3/i8+1,17+1,18+1. The van der Waals surface area contributed by atoms with Crippen molar-refractivity contribution in [3.63, 3.8) is 0 Å². The number of nitrogens with zero attached hydrogens (tertiary/aromatic N) is 2. The van der Waals surface area contributed by atoms with Gasteiger partial charge in [-0.3, -0.25) is 19.0 Å². The monoisotopic (exact) mass is 343 g/mol. The fourth-order valence-corrected chi connectivity index (χ4v) is 1.46. The Balaban J connectivity index is 2.93. The lowest BCUT2D eigenvalue weighted by Crippen LogP contribution is -2.41. The first-order valence-corrected chi connectivity index (χ1v) is 7.49. The maximum atomic E-state index is 12.3. The molecule has 1 rings (SSSR count). The maximum Gasteiger partial charge on any atom is 0.336 e. The maximum absolute atomic E-state index is 12.3.